The highest BCUT2D eigenvalue weighted by molar-refractivity contribution is 7.92. The number of nitrogens with zero attached hydrogens (tertiary/aromatic N) is 1. The molecule has 0 amide bonds. The number of benzene rings is 2. The van der Waals surface area contributed by atoms with Crippen LogP contribution in [-0.4, -0.2) is 27.0 Å². The van der Waals surface area contributed by atoms with Gasteiger partial charge in [-0.25, -0.2) is 12.8 Å². The van der Waals surface area contributed by atoms with Gasteiger partial charge in [0.05, 0.1) is 25.0 Å². The summed E-state index contributed by atoms with van der Waals surface area (Å²) in [4.78, 5) is 11.5. The third kappa shape index (κ3) is 4.14. The van der Waals surface area contributed by atoms with Crippen molar-refractivity contribution in [2.45, 2.75) is 6.54 Å². The molecule has 122 valence electrons. The van der Waals surface area contributed by atoms with Crippen molar-refractivity contribution in [2.75, 3.05) is 17.1 Å². The lowest BCUT2D eigenvalue weighted by molar-refractivity contribution is 0.100. The predicted molar refractivity (Wildman–Crippen MR) is 87.3 cm³/mol. The average Bonchev–Trinajstić information content (AvgIpc) is 2.52. The molecule has 0 bridgehead atoms. The van der Waals surface area contributed by atoms with Crippen LogP contribution in [0.1, 0.15) is 15.9 Å². The van der Waals surface area contributed by atoms with Gasteiger partial charge in [0, 0.05) is 11.1 Å². The van der Waals surface area contributed by atoms with Crippen molar-refractivity contribution in [1.29, 1.82) is 0 Å². The van der Waals surface area contributed by atoms with Crippen LogP contribution in [0.5, 0.6) is 0 Å². The molecule has 0 spiro atoms. The Kier molecular flexibility index (Phi) is 5.12. The van der Waals surface area contributed by atoms with Crippen molar-refractivity contribution in [2.24, 2.45) is 5.73 Å². The summed E-state index contributed by atoms with van der Waals surface area (Å²) < 4.78 is 39.3. The topological polar surface area (TPSA) is 80.5 Å². The van der Waals surface area contributed by atoms with Crippen LogP contribution in [0, 0.1) is 5.82 Å². The molecular formula is C16H17FN2O3S. The smallest absolute Gasteiger partial charge is 0.232 e. The van der Waals surface area contributed by atoms with Gasteiger partial charge in [-0.05, 0) is 18.2 Å². The molecule has 0 fully saturated rings. The van der Waals surface area contributed by atoms with E-state index in [1.807, 2.05) is 0 Å². The fraction of sp³-hybridized carbons (Fsp3) is 0.188. The van der Waals surface area contributed by atoms with Crippen LogP contribution in [0.4, 0.5) is 10.1 Å². The number of nitrogens with two attached hydrogens (primary N) is 1. The van der Waals surface area contributed by atoms with Gasteiger partial charge < -0.3 is 5.73 Å². The standard InChI is InChI=1S/C16H17FN2O3S/c1-23(21,22)19(14-5-3-2-4-6-14)11-13-8-7-12(9-15(13)17)16(20)10-18/h2-9H,10-11,18H2,1H3. The largest absolute Gasteiger partial charge is 0.324 e. The van der Waals surface area contributed by atoms with Gasteiger partial charge in [0.25, 0.3) is 0 Å². The molecule has 0 aliphatic heterocycles. The molecule has 0 radical (unpaired) electrons. The van der Waals surface area contributed by atoms with Crippen molar-refractivity contribution in [3.8, 4) is 0 Å². The summed E-state index contributed by atoms with van der Waals surface area (Å²) >= 11 is 0. The lowest BCUT2D eigenvalue weighted by Crippen LogP contribution is -2.29. The van der Waals surface area contributed by atoms with E-state index in [0.29, 0.717) is 5.69 Å². The van der Waals surface area contributed by atoms with E-state index < -0.39 is 15.8 Å². The van der Waals surface area contributed by atoms with Gasteiger partial charge in [0.1, 0.15) is 5.82 Å². The fourth-order valence-electron chi connectivity index (χ4n) is 2.12. The summed E-state index contributed by atoms with van der Waals surface area (Å²) in [5, 5.41) is 0. The lowest BCUT2D eigenvalue weighted by Gasteiger charge is -2.22. The zero-order valence-electron chi connectivity index (χ0n) is 12.6. The molecule has 2 aromatic carbocycles. The minimum absolute atomic E-state index is 0.161. The second-order valence-corrected chi connectivity index (χ2v) is 6.95. The third-order valence-corrected chi connectivity index (χ3v) is 4.46. The van der Waals surface area contributed by atoms with Crippen LogP contribution in [0.25, 0.3) is 0 Å². The van der Waals surface area contributed by atoms with Gasteiger partial charge in [-0.2, -0.15) is 0 Å². The Balaban J connectivity index is 2.36. The van der Waals surface area contributed by atoms with E-state index in [1.165, 1.54) is 12.1 Å². The number of para-hydroxylation sites is 1. The molecule has 23 heavy (non-hydrogen) atoms. The zero-order valence-corrected chi connectivity index (χ0v) is 13.4. The van der Waals surface area contributed by atoms with E-state index in [4.69, 9.17) is 5.73 Å². The number of carbonyl (C=O) groups excluding carboxylic acids is 1. The number of sulfonamides is 1. The summed E-state index contributed by atoms with van der Waals surface area (Å²) in [5.74, 6) is -1.02. The van der Waals surface area contributed by atoms with Crippen LogP contribution in [0.15, 0.2) is 48.5 Å². The van der Waals surface area contributed by atoms with Gasteiger partial charge in [-0.15, -0.1) is 0 Å². The molecule has 2 aromatic rings. The van der Waals surface area contributed by atoms with Gasteiger partial charge in [-0.1, -0.05) is 30.3 Å². The fourth-order valence-corrected chi connectivity index (χ4v) is 2.99. The molecule has 0 heterocycles. The molecule has 0 aromatic heterocycles. The van der Waals surface area contributed by atoms with Gasteiger partial charge in [-0.3, -0.25) is 9.10 Å². The second-order valence-electron chi connectivity index (χ2n) is 5.04. The molecule has 2 N–H and O–H groups in total. The molecule has 0 atom stereocenters. The van der Waals surface area contributed by atoms with Crippen LogP contribution in [-0.2, 0) is 16.6 Å². The lowest BCUT2D eigenvalue weighted by atomic mass is 10.1. The van der Waals surface area contributed by atoms with Gasteiger partial charge in [0.15, 0.2) is 5.78 Å². The Labute approximate surface area is 134 Å². The number of hydrogen-bond donors (Lipinski definition) is 1. The molecule has 0 unspecified atom stereocenters. The van der Waals surface area contributed by atoms with E-state index in [1.54, 1.807) is 30.3 Å². The van der Waals surface area contributed by atoms with Crippen LogP contribution in [0.2, 0.25) is 0 Å². The second kappa shape index (κ2) is 6.89. The Morgan fingerprint density at radius 2 is 1.83 bits per heavy atom. The van der Waals surface area contributed by atoms with E-state index >= 15 is 0 Å². The quantitative estimate of drug-likeness (QED) is 0.818. The maximum atomic E-state index is 14.2. The monoisotopic (exact) mass is 336 g/mol. The highest BCUT2D eigenvalue weighted by Crippen LogP contribution is 2.22. The number of rotatable bonds is 6. The average molecular weight is 336 g/mol. The number of anilines is 1. The van der Waals surface area contributed by atoms with Crippen molar-refractivity contribution in [3.05, 3.63) is 65.5 Å². The number of ketones is 1. The molecule has 0 aliphatic rings. The molecule has 0 saturated carbocycles. The number of carbonyl (C=O) groups is 1. The van der Waals surface area contributed by atoms with Gasteiger partial charge >= 0.3 is 0 Å². The molecule has 0 aliphatic carbocycles. The van der Waals surface area contributed by atoms with E-state index in [9.17, 15) is 17.6 Å². The zero-order chi connectivity index (χ0) is 17.0. The molecule has 2 rings (SSSR count). The first-order chi connectivity index (χ1) is 10.8. The molecule has 7 heteroatoms. The van der Waals surface area contributed by atoms with Crippen molar-refractivity contribution < 1.29 is 17.6 Å². The number of Topliss-reactive ketones (excluding diaryl/α,β-unsaturated/α-hetero) is 1. The Morgan fingerprint density at radius 1 is 1.17 bits per heavy atom. The minimum Gasteiger partial charge on any atom is -0.324 e. The third-order valence-electron chi connectivity index (χ3n) is 3.32. The molecule has 0 saturated heterocycles. The van der Waals surface area contributed by atoms with Crippen molar-refractivity contribution in [1.82, 2.24) is 0 Å². The van der Waals surface area contributed by atoms with Crippen molar-refractivity contribution >= 4 is 21.5 Å². The van der Waals surface area contributed by atoms with Crippen LogP contribution in [0.3, 0.4) is 0 Å². The summed E-state index contributed by atoms with van der Waals surface area (Å²) in [6, 6.07) is 12.3. The Bertz CT molecular complexity index is 807. The van der Waals surface area contributed by atoms with E-state index in [-0.39, 0.29) is 30.0 Å². The normalized spacial score (nSPS) is 11.3. The first kappa shape index (κ1) is 17.1. The summed E-state index contributed by atoms with van der Waals surface area (Å²) in [6.45, 7) is -0.371. The molecule has 5 nitrogen and oxygen atoms in total. The highest BCUT2D eigenvalue weighted by Gasteiger charge is 2.19. The number of hydrogen-bond acceptors (Lipinski definition) is 4. The van der Waals surface area contributed by atoms with E-state index in [2.05, 4.69) is 0 Å². The summed E-state index contributed by atoms with van der Waals surface area (Å²) in [6.07, 6.45) is 1.06. The predicted octanol–water partition coefficient (Wildman–Crippen LogP) is 1.93. The highest BCUT2D eigenvalue weighted by atomic mass is 32.2. The minimum atomic E-state index is -3.58. The Morgan fingerprint density at radius 3 is 2.35 bits per heavy atom. The maximum Gasteiger partial charge on any atom is 0.232 e. The number of halogens is 1. The Hall–Kier alpha value is -2.25. The summed E-state index contributed by atoms with van der Waals surface area (Å²) in [5.41, 5.74) is 6.03. The van der Waals surface area contributed by atoms with E-state index in [0.717, 1.165) is 16.6 Å². The molecular weight excluding hydrogens is 319 g/mol. The van der Waals surface area contributed by atoms with Gasteiger partial charge in [0.2, 0.25) is 10.0 Å². The summed E-state index contributed by atoms with van der Waals surface area (Å²) in [7, 11) is -3.58. The first-order valence-corrected chi connectivity index (χ1v) is 8.72. The first-order valence-electron chi connectivity index (χ1n) is 6.87. The SMILES string of the molecule is CS(=O)(=O)N(Cc1ccc(C(=O)CN)cc1F)c1ccccc1. The van der Waals surface area contributed by atoms with Crippen molar-refractivity contribution in [3.63, 3.8) is 0 Å². The maximum absolute atomic E-state index is 14.2. The van der Waals surface area contributed by atoms with Crippen LogP contribution >= 0.6 is 0 Å². The van der Waals surface area contributed by atoms with Crippen LogP contribution < -0.4 is 10.0 Å².